The molecule has 0 radical (unpaired) electrons. The molecule has 10 heteroatoms. The summed E-state index contributed by atoms with van der Waals surface area (Å²) in [5.41, 5.74) is 3.63. The maximum absolute atomic E-state index is 13.2. The van der Waals surface area contributed by atoms with Crippen LogP contribution in [0.5, 0.6) is 11.5 Å². The van der Waals surface area contributed by atoms with Gasteiger partial charge in [-0.1, -0.05) is 0 Å². The van der Waals surface area contributed by atoms with Gasteiger partial charge in [-0.25, -0.2) is 4.98 Å². The smallest absolute Gasteiger partial charge is 0.229 e. The summed E-state index contributed by atoms with van der Waals surface area (Å²) in [6.45, 7) is 5.34. The number of piperidine rings is 1. The van der Waals surface area contributed by atoms with Gasteiger partial charge in [0.05, 0.1) is 51.2 Å². The normalized spacial score (nSPS) is 17.7. The Morgan fingerprint density at radius 3 is 2.47 bits per heavy atom. The van der Waals surface area contributed by atoms with Crippen LogP contribution in [-0.4, -0.2) is 79.0 Å². The van der Waals surface area contributed by atoms with Crippen LogP contribution in [-0.2, 0) is 11.3 Å². The van der Waals surface area contributed by atoms with Gasteiger partial charge in [0.1, 0.15) is 17.3 Å². The topological polar surface area (TPSA) is 110 Å². The van der Waals surface area contributed by atoms with Gasteiger partial charge < -0.3 is 29.1 Å². The first-order valence-electron chi connectivity index (χ1n) is 14.7. The number of morpholine rings is 1. The van der Waals surface area contributed by atoms with Crippen LogP contribution in [0.2, 0.25) is 0 Å². The minimum absolute atomic E-state index is 0.0515. The fourth-order valence-corrected chi connectivity index (χ4v) is 5.94. The Balaban J connectivity index is 1.31. The number of pyridine rings is 1. The highest BCUT2D eigenvalue weighted by atomic mass is 16.5. The van der Waals surface area contributed by atoms with E-state index in [-0.39, 0.29) is 24.3 Å². The molecule has 10 nitrogen and oxygen atoms in total. The second kappa shape index (κ2) is 12.5. The summed E-state index contributed by atoms with van der Waals surface area (Å²) in [4.78, 5) is 32.7. The average molecular weight is 584 g/mol. The highest BCUT2D eigenvalue weighted by Crippen LogP contribution is 2.33. The van der Waals surface area contributed by atoms with E-state index in [1.807, 2.05) is 54.6 Å². The lowest BCUT2D eigenvalue weighted by molar-refractivity contribution is 0.0900. The quantitative estimate of drug-likeness (QED) is 0.297. The van der Waals surface area contributed by atoms with Crippen molar-refractivity contribution in [1.82, 2.24) is 15.0 Å². The van der Waals surface area contributed by atoms with Gasteiger partial charge in [-0.05, 0) is 74.4 Å². The van der Waals surface area contributed by atoms with E-state index in [9.17, 15) is 9.90 Å². The van der Waals surface area contributed by atoms with E-state index >= 15 is 0 Å². The molecule has 2 fully saturated rings. The zero-order chi connectivity index (χ0) is 29.9. The number of anilines is 2. The van der Waals surface area contributed by atoms with E-state index in [1.54, 1.807) is 14.2 Å². The zero-order valence-corrected chi connectivity index (χ0v) is 24.8. The first-order valence-corrected chi connectivity index (χ1v) is 14.7. The predicted octanol–water partition coefficient (Wildman–Crippen LogP) is 4.53. The van der Waals surface area contributed by atoms with E-state index in [4.69, 9.17) is 29.2 Å². The third kappa shape index (κ3) is 5.85. The van der Waals surface area contributed by atoms with Crippen molar-refractivity contribution in [2.45, 2.75) is 32.4 Å². The van der Waals surface area contributed by atoms with Crippen molar-refractivity contribution in [2.24, 2.45) is 5.92 Å². The number of fused-ring (bicyclic) bond motifs is 1. The van der Waals surface area contributed by atoms with Gasteiger partial charge >= 0.3 is 0 Å². The molecular weight excluding hydrogens is 546 g/mol. The first-order chi connectivity index (χ1) is 21.0. The minimum atomic E-state index is -0.132. The molecule has 0 aliphatic carbocycles. The fraction of sp³-hybridized carbons (Fsp3) is 0.394. The van der Waals surface area contributed by atoms with Gasteiger partial charge in [-0.2, -0.15) is 9.97 Å². The second-order valence-corrected chi connectivity index (χ2v) is 11.1. The Hall–Kier alpha value is -4.28. The molecule has 1 atom stereocenters. The number of benzene rings is 2. The van der Waals surface area contributed by atoms with Crippen molar-refractivity contribution in [1.29, 1.82) is 0 Å². The number of carbonyl (C=O) groups is 1. The number of ether oxygens (including phenoxy) is 3. The first kappa shape index (κ1) is 28.8. The van der Waals surface area contributed by atoms with Crippen LogP contribution >= 0.6 is 0 Å². The number of methoxy groups -OCH3 is 2. The number of aliphatic hydroxyl groups is 1. The molecule has 2 aliphatic heterocycles. The van der Waals surface area contributed by atoms with Crippen molar-refractivity contribution >= 4 is 28.6 Å². The molecule has 43 heavy (non-hydrogen) atoms. The van der Waals surface area contributed by atoms with Gasteiger partial charge in [0.15, 0.2) is 11.4 Å². The molecule has 4 aromatic rings. The maximum Gasteiger partial charge on any atom is 0.229 e. The number of carbonyl (C=O) groups excluding carboxylic acids is 1. The Labute approximate surface area is 251 Å². The number of ketones is 1. The molecule has 2 saturated heterocycles. The Morgan fingerprint density at radius 1 is 0.977 bits per heavy atom. The van der Waals surface area contributed by atoms with Crippen LogP contribution in [0, 0.1) is 5.92 Å². The van der Waals surface area contributed by atoms with Crippen molar-refractivity contribution in [3.63, 3.8) is 0 Å². The molecule has 2 aromatic carbocycles. The van der Waals surface area contributed by atoms with Gasteiger partial charge in [-0.15, -0.1) is 0 Å². The molecule has 0 saturated carbocycles. The van der Waals surface area contributed by atoms with Crippen LogP contribution in [0.15, 0.2) is 54.6 Å². The van der Waals surface area contributed by atoms with Crippen LogP contribution in [0.1, 0.15) is 35.7 Å². The lowest BCUT2D eigenvalue weighted by Crippen LogP contribution is -2.44. The Kier molecular flexibility index (Phi) is 8.40. The van der Waals surface area contributed by atoms with E-state index in [1.165, 1.54) is 0 Å². The summed E-state index contributed by atoms with van der Waals surface area (Å²) in [5, 5.41) is 10.7. The SMILES string of the molecule is COc1ccc(C(=O)C2CCN(c3nc(N4CCOC[C@@H]4C)c4ccc(-c5ccc(OC)c(CO)c5)nc4n3)CC2)cc1. The molecule has 1 N–H and O–H groups in total. The summed E-state index contributed by atoms with van der Waals surface area (Å²) in [7, 11) is 3.21. The summed E-state index contributed by atoms with van der Waals surface area (Å²) in [6.07, 6.45) is 1.44. The number of nitrogens with zero attached hydrogens (tertiary/aromatic N) is 5. The highest BCUT2D eigenvalue weighted by molar-refractivity contribution is 5.98. The average Bonchev–Trinajstić information content (AvgIpc) is 3.07. The highest BCUT2D eigenvalue weighted by Gasteiger charge is 2.29. The Morgan fingerprint density at radius 2 is 1.77 bits per heavy atom. The maximum atomic E-state index is 13.2. The monoisotopic (exact) mass is 583 g/mol. The molecule has 0 bridgehead atoms. The van der Waals surface area contributed by atoms with Gasteiger partial charge in [0, 0.05) is 42.2 Å². The molecule has 0 unspecified atom stereocenters. The number of aromatic nitrogens is 3. The number of hydrogen-bond acceptors (Lipinski definition) is 10. The largest absolute Gasteiger partial charge is 0.497 e. The van der Waals surface area contributed by atoms with Gasteiger partial charge in [0.25, 0.3) is 0 Å². The van der Waals surface area contributed by atoms with Crippen LogP contribution in [0.25, 0.3) is 22.3 Å². The van der Waals surface area contributed by atoms with Crippen molar-refractivity contribution in [3.8, 4) is 22.8 Å². The summed E-state index contributed by atoms with van der Waals surface area (Å²) in [6, 6.07) is 17.2. The van der Waals surface area contributed by atoms with Crippen LogP contribution < -0.4 is 19.3 Å². The third-order valence-electron chi connectivity index (χ3n) is 8.44. The summed E-state index contributed by atoms with van der Waals surface area (Å²) in [5.74, 6) is 2.95. The third-order valence-corrected chi connectivity index (χ3v) is 8.44. The molecule has 4 heterocycles. The minimum Gasteiger partial charge on any atom is -0.497 e. The van der Waals surface area contributed by atoms with Crippen molar-refractivity contribution in [3.05, 3.63) is 65.7 Å². The zero-order valence-electron chi connectivity index (χ0n) is 24.8. The Bertz CT molecular complexity index is 1600. The molecule has 6 rings (SSSR count). The number of rotatable bonds is 8. The summed E-state index contributed by atoms with van der Waals surface area (Å²) >= 11 is 0. The van der Waals surface area contributed by atoms with Crippen molar-refractivity contribution in [2.75, 3.05) is 56.9 Å². The number of hydrogen-bond donors (Lipinski definition) is 1. The number of aliphatic hydroxyl groups excluding tert-OH is 1. The molecule has 2 aliphatic rings. The fourth-order valence-electron chi connectivity index (χ4n) is 5.94. The number of Topliss-reactive ketones (excluding diaryl/α,β-unsaturated/α-hetero) is 1. The van der Waals surface area contributed by atoms with E-state index in [0.29, 0.717) is 54.8 Å². The van der Waals surface area contributed by atoms with Gasteiger partial charge in [0.2, 0.25) is 5.95 Å². The van der Waals surface area contributed by atoms with Crippen LogP contribution in [0.3, 0.4) is 0 Å². The lowest BCUT2D eigenvalue weighted by atomic mass is 9.89. The molecule has 0 spiro atoms. The second-order valence-electron chi connectivity index (χ2n) is 11.1. The lowest BCUT2D eigenvalue weighted by Gasteiger charge is -2.36. The standard InChI is InChI=1S/C33H37N5O5/c1-21-20-43-17-16-38(21)32-27-9-10-28(24-6-11-29(42-3)25(18-24)19-39)34-31(27)35-33(36-32)37-14-12-23(13-15-37)30(40)22-4-7-26(41-2)8-5-22/h4-11,18,21,23,39H,12-17,19-20H2,1-3H3/t21-/m0/s1. The van der Waals surface area contributed by atoms with Crippen molar-refractivity contribution < 1.29 is 24.1 Å². The molecular formula is C33H37N5O5. The molecule has 224 valence electrons. The van der Waals surface area contributed by atoms with Crippen LogP contribution in [0.4, 0.5) is 11.8 Å². The van der Waals surface area contributed by atoms with E-state index in [0.717, 1.165) is 47.6 Å². The summed E-state index contributed by atoms with van der Waals surface area (Å²) < 4.78 is 16.3. The van der Waals surface area contributed by atoms with E-state index < -0.39 is 0 Å². The van der Waals surface area contributed by atoms with E-state index in [2.05, 4.69) is 16.7 Å². The predicted molar refractivity (Wildman–Crippen MR) is 165 cm³/mol. The van der Waals surface area contributed by atoms with Gasteiger partial charge in [-0.3, -0.25) is 4.79 Å². The molecule has 0 amide bonds. The molecule has 2 aromatic heterocycles.